The van der Waals surface area contributed by atoms with E-state index in [1.54, 1.807) is 0 Å². The lowest BCUT2D eigenvalue weighted by molar-refractivity contribution is 0.582. The predicted octanol–water partition coefficient (Wildman–Crippen LogP) is 1.26. The molecule has 0 aromatic carbocycles. The Morgan fingerprint density at radius 1 is 1.88 bits per heavy atom. The summed E-state index contributed by atoms with van der Waals surface area (Å²) in [5, 5.41) is 3.39. The first-order valence-corrected chi connectivity index (χ1v) is 4.16. The minimum atomic E-state index is 0.675. The van der Waals surface area contributed by atoms with Gasteiger partial charge in [0.15, 0.2) is 0 Å². The first kappa shape index (κ1) is 6.43. The van der Waals surface area contributed by atoms with Gasteiger partial charge in [-0.1, -0.05) is 6.92 Å². The third-order valence-electron chi connectivity index (χ3n) is 1.33. The van der Waals surface area contributed by atoms with Crippen LogP contribution in [0.25, 0.3) is 0 Å². The number of hydrogen-bond acceptors (Lipinski definition) is 2. The Morgan fingerprint density at radius 2 is 2.75 bits per heavy atom. The van der Waals surface area contributed by atoms with Crippen molar-refractivity contribution in [3.05, 3.63) is 5.75 Å². The molecule has 1 radical (unpaired) electrons. The van der Waals surface area contributed by atoms with Gasteiger partial charge in [-0.15, -0.1) is 0 Å². The van der Waals surface area contributed by atoms with Crippen molar-refractivity contribution < 1.29 is 0 Å². The van der Waals surface area contributed by atoms with Gasteiger partial charge in [0.2, 0.25) is 0 Å². The van der Waals surface area contributed by atoms with E-state index in [1.165, 1.54) is 18.7 Å². The fourth-order valence-electron chi connectivity index (χ4n) is 0.776. The molecular weight excluding hydrogens is 118 g/mol. The van der Waals surface area contributed by atoms with Crippen molar-refractivity contribution in [3.8, 4) is 0 Å². The van der Waals surface area contributed by atoms with Gasteiger partial charge in [0, 0.05) is 24.1 Å². The molecule has 1 aliphatic heterocycles. The van der Waals surface area contributed by atoms with Crippen LogP contribution in [0.4, 0.5) is 0 Å². The van der Waals surface area contributed by atoms with Crippen LogP contribution in [0.5, 0.6) is 0 Å². The molecule has 0 aromatic rings. The molecule has 1 fully saturated rings. The third-order valence-corrected chi connectivity index (χ3v) is 2.29. The average molecular weight is 130 g/mol. The van der Waals surface area contributed by atoms with Crippen molar-refractivity contribution in [1.29, 1.82) is 0 Å². The summed E-state index contributed by atoms with van der Waals surface area (Å²) in [7, 11) is 0. The Morgan fingerprint density at radius 3 is 3.12 bits per heavy atom. The number of rotatable bonds is 1. The summed E-state index contributed by atoms with van der Waals surface area (Å²) < 4.78 is 0. The summed E-state index contributed by atoms with van der Waals surface area (Å²) in [6.45, 7) is 3.39. The fourth-order valence-corrected chi connectivity index (χ4v) is 1.67. The molecule has 0 aromatic heterocycles. The average Bonchev–Trinajstić information content (AvgIpc) is 1.90. The van der Waals surface area contributed by atoms with Gasteiger partial charge >= 0.3 is 0 Å². The largest absolute Gasteiger partial charge is 0.312 e. The zero-order chi connectivity index (χ0) is 5.82. The molecule has 1 N–H and O–H groups in total. The van der Waals surface area contributed by atoms with Gasteiger partial charge in [-0.25, -0.2) is 0 Å². The maximum atomic E-state index is 3.39. The third kappa shape index (κ3) is 1.67. The van der Waals surface area contributed by atoms with Gasteiger partial charge < -0.3 is 5.32 Å². The summed E-state index contributed by atoms with van der Waals surface area (Å²) in [4.78, 5) is 0. The molecule has 0 aliphatic carbocycles. The molecule has 0 spiro atoms. The second-order valence-electron chi connectivity index (χ2n) is 1.98. The summed E-state index contributed by atoms with van der Waals surface area (Å²) in [5.41, 5.74) is 0. The molecule has 1 atom stereocenters. The number of thioether (sulfide) groups is 1. The van der Waals surface area contributed by atoms with Crippen LogP contribution >= 0.6 is 11.8 Å². The molecule has 0 amide bonds. The summed E-state index contributed by atoms with van der Waals surface area (Å²) in [5.74, 6) is 3.54. The van der Waals surface area contributed by atoms with Crippen LogP contribution < -0.4 is 5.32 Å². The van der Waals surface area contributed by atoms with Crippen LogP contribution in [0.3, 0.4) is 0 Å². The molecule has 0 bridgehead atoms. The lowest BCUT2D eigenvalue weighted by Gasteiger charge is -2.20. The van der Waals surface area contributed by atoms with Crippen LogP contribution in [0.1, 0.15) is 13.3 Å². The normalized spacial score (nSPS) is 30.4. The summed E-state index contributed by atoms with van der Waals surface area (Å²) in [6.07, 6.45) is 1.23. The van der Waals surface area contributed by atoms with Crippen LogP contribution in [0.15, 0.2) is 0 Å². The smallest absolute Gasteiger partial charge is 0.0335 e. The van der Waals surface area contributed by atoms with Crippen molar-refractivity contribution in [2.75, 3.05) is 12.3 Å². The van der Waals surface area contributed by atoms with Gasteiger partial charge in [0.1, 0.15) is 0 Å². The minimum absolute atomic E-state index is 0.675. The lowest BCUT2D eigenvalue weighted by Crippen LogP contribution is -2.33. The Kier molecular flexibility index (Phi) is 2.70. The maximum Gasteiger partial charge on any atom is 0.0335 e. The van der Waals surface area contributed by atoms with E-state index in [9.17, 15) is 0 Å². The lowest BCUT2D eigenvalue weighted by atomic mass is 10.2. The molecule has 1 saturated heterocycles. The molecule has 8 heavy (non-hydrogen) atoms. The molecule has 1 heterocycles. The molecular formula is C6H12NS. The Balaban J connectivity index is 2.13. The van der Waals surface area contributed by atoms with E-state index in [0.717, 1.165) is 0 Å². The highest BCUT2D eigenvalue weighted by Crippen LogP contribution is 2.14. The highest BCUT2D eigenvalue weighted by molar-refractivity contribution is 8.01. The van der Waals surface area contributed by atoms with E-state index in [1.807, 2.05) is 11.8 Å². The number of hydrogen-bond donors (Lipinski definition) is 1. The standard InChI is InChI=1S/C6H12NS/c1-2-6-5-8-4-3-7-6/h5-7H,2-4H2,1H3. The SMILES string of the molecule is CCC1[CH]SCCN1. The van der Waals surface area contributed by atoms with E-state index in [4.69, 9.17) is 0 Å². The minimum Gasteiger partial charge on any atom is -0.312 e. The second kappa shape index (κ2) is 3.36. The zero-order valence-corrected chi connectivity index (χ0v) is 6.00. The van der Waals surface area contributed by atoms with Gasteiger partial charge in [0.05, 0.1) is 0 Å². The molecule has 47 valence electrons. The van der Waals surface area contributed by atoms with Crippen molar-refractivity contribution in [3.63, 3.8) is 0 Å². The van der Waals surface area contributed by atoms with Gasteiger partial charge in [-0.3, -0.25) is 0 Å². The first-order chi connectivity index (χ1) is 3.93. The number of nitrogens with one attached hydrogen (secondary N) is 1. The predicted molar refractivity (Wildman–Crippen MR) is 38.8 cm³/mol. The fraction of sp³-hybridized carbons (Fsp3) is 0.833. The Labute approximate surface area is 55.2 Å². The molecule has 2 heteroatoms. The van der Waals surface area contributed by atoms with Crippen LogP contribution in [-0.2, 0) is 0 Å². The quantitative estimate of drug-likeness (QED) is 0.573. The van der Waals surface area contributed by atoms with E-state index >= 15 is 0 Å². The highest BCUT2D eigenvalue weighted by Gasteiger charge is 2.09. The second-order valence-corrected chi connectivity index (χ2v) is 2.99. The summed E-state index contributed by atoms with van der Waals surface area (Å²) in [6, 6.07) is 0.675. The van der Waals surface area contributed by atoms with Crippen molar-refractivity contribution >= 4 is 11.8 Å². The molecule has 1 aliphatic rings. The first-order valence-electron chi connectivity index (χ1n) is 3.12. The summed E-state index contributed by atoms with van der Waals surface area (Å²) >= 11 is 1.94. The topological polar surface area (TPSA) is 12.0 Å². The maximum absolute atomic E-state index is 3.39. The van der Waals surface area contributed by atoms with E-state index < -0.39 is 0 Å². The Bertz CT molecular complexity index is 59.5. The van der Waals surface area contributed by atoms with E-state index in [-0.39, 0.29) is 0 Å². The van der Waals surface area contributed by atoms with Crippen molar-refractivity contribution in [2.45, 2.75) is 19.4 Å². The van der Waals surface area contributed by atoms with Crippen molar-refractivity contribution in [2.24, 2.45) is 0 Å². The molecule has 1 rings (SSSR count). The van der Waals surface area contributed by atoms with Crippen molar-refractivity contribution in [1.82, 2.24) is 5.32 Å². The van der Waals surface area contributed by atoms with Gasteiger partial charge in [-0.2, -0.15) is 11.8 Å². The van der Waals surface area contributed by atoms with Crippen LogP contribution in [0, 0.1) is 5.75 Å². The van der Waals surface area contributed by atoms with E-state index in [0.29, 0.717) is 6.04 Å². The Hall–Kier alpha value is 0.310. The molecule has 0 saturated carbocycles. The van der Waals surface area contributed by atoms with E-state index in [2.05, 4.69) is 18.0 Å². The highest BCUT2D eigenvalue weighted by atomic mass is 32.2. The van der Waals surface area contributed by atoms with Crippen LogP contribution in [-0.4, -0.2) is 18.3 Å². The molecule has 1 unspecified atom stereocenters. The monoisotopic (exact) mass is 130 g/mol. The van der Waals surface area contributed by atoms with Gasteiger partial charge in [0.25, 0.3) is 0 Å². The zero-order valence-electron chi connectivity index (χ0n) is 5.18. The van der Waals surface area contributed by atoms with Crippen LogP contribution in [0.2, 0.25) is 0 Å². The van der Waals surface area contributed by atoms with Gasteiger partial charge in [-0.05, 0) is 6.42 Å². The molecule has 1 nitrogen and oxygen atoms in total.